The van der Waals surface area contributed by atoms with Crippen molar-refractivity contribution in [2.24, 2.45) is 0 Å². The summed E-state index contributed by atoms with van der Waals surface area (Å²) in [6.45, 7) is 2.03. The van der Waals surface area contributed by atoms with Gasteiger partial charge >= 0.3 is 0 Å². The van der Waals surface area contributed by atoms with Gasteiger partial charge in [-0.15, -0.1) is 0 Å². The van der Waals surface area contributed by atoms with Gasteiger partial charge in [0.05, 0.1) is 14.2 Å². The molecule has 0 unspecified atom stereocenters. The van der Waals surface area contributed by atoms with Gasteiger partial charge in [0.1, 0.15) is 23.3 Å². The van der Waals surface area contributed by atoms with Gasteiger partial charge in [0.15, 0.2) is 6.61 Å². The first kappa shape index (κ1) is 25.6. The third kappa shape index (κ3) is 7.24. The molecule has 0 heterocycles. The fourth-order valence-corrected chi connectivity index (χ4v) is 3.70. The Morgan fingerprint density at radius 3 is 2.03 bits per heavy atom. The van der Waals surface area contributed by atoms with Gasteiger partial charge in [-0.3, -0.25) is 9.59 Å². The van der Waals surface area contributed by atoms with E-state index in [4.69, 9.17) is 14.2 Å². The molecule has 35 heavy (non-hydrogen) atoms. The summed E-state index contributed by atoms with van der Waals surface area (Å²) >= 11 is 0. The van der Waals surface area contributed by atoms with E-state index in [9.17, 15) is 9.59 Å². The van der Waals surface area contributed by atoms with E-state index in [1.54, 1.807) is 44.4 Å². The summed E-state index contributed by atoms with van der Waals surface area (Å²) in [4.78, 5) is 28.1. The van der Waals surface area contributed by atoms with Gasteiger partial charge in [-0.05, 0) is 18.1 Å². The summed E-state index contributed by atoms with van der Waals surface area (Å²) in [7, 11) is 4.67. The molecule has 7 nitrogen and oxygen atoms in total. The highest BCUT2D eigenvalue weighted by Crippen LogP contribution is 2.27. The minimum atomic E-state index is -0.709. The summed E-state index contributed by atoms with van der Waals surface area (Å²) in [6, 6.07) is 21.9. The molecule has 184 valence electrons. The Bertz CT molecular complexity index is 1090. The standard InChI is InChI=1S/C28H32N2O5/c1-20-10-12-22(13-11-20)18-30(26(28(32)29-2)14-21-8-6-5-7-9-21)27(31)19-35-25-16-23(33-3)15-24(17-25)34-4/h5-13,15-17,26H,14,18-19H2,1-4H3,(H,29,32)/t26-/m1/s1. The first-order valence-electron chi connectivity index (χ1n) is 11.4. The zero-order valence-corrected chi connectivity index (χ0v) is 20.6. The summed E-state index contributed by atoms with van der Waals surface area (Å²) in [5.74, 6) is 0.991. The second-order valence-electron chi connectivity index (χ2n) is 8.16. The number of amides is 2. The van der Waals surface area contributed by atoms with Crippen LogP contribution in [0.25, 0.3) is 0 Å². The number of hydrogen-bond donors (Lipinski definition) is 1. The lowest BCUT2D eigenvalue weighted by Crippen LogP contribution is -2.51. The van der Waals surface area contributed by atoms with Gasteiger partial charge in [-0.1, -0.05) is 60.2 Å². The normalized spacial score (nSPS) is 11.3. The lowest BCUT2D eigenvalue weighted by atomic mass is 10.0. The van der Waals surface area contributed by atoms with Crippen molar-refractivity contribution in [2.45, 2.75) is 25.9 Å². The van der Waals surface area contributed by atoms with Crippen molar-refractivity contribution < 1.29 is 23.8 Å². The largest absolute Gasteiger partial charge is 0.496 e. The minimum Gasteiger partial charge on any atom is -0.496 e. The Kier molecular flexibility index (Phi) is 9.12. The van der Waals surface area contributed by atoms with Crippen LogP contribution in [0, 0.1) is 6.92 Å². The summed E-state index contributed by atoms with van der Waals surface area (Å²) < 4.78 is 16.4. The van der Waals surface area contributed by atoms with E-state index in [2.05, 4.69) is 5.32 Å². The molecule has 0 bridgehead atoms. The van der Waals surface area contributed by atoms with Crippen LogP contribution >= 0.6 is 0 Å². The molecule has 0 fully saturated rings. The lowest BCUT2D eigenvalue weighted by Gasteiger charge is -2.31. The molecule has 1 atom stereocenters. The van der Waals surface area contributed by atoms with Crippen LogP contribution in [0.15, 0.2) is 72.8 Å². The molecule has 0 spiro atoms. The maximum absolute atomic E-state index is 13.5. The number of nitrogens with zero attached hydrogens (tertiary/aromatic N) is 1. The molecule has 0 aliphatic carbocycles. The quantitative estimate of drug-likeness (QED) is 0.456. The van der Waals surface area contributed by atoms with Crippen molar-refractivity contribution >= 4 is 11.8 Å². The zero-order chi connectivity index (χ0) is 25.2. The summed E-state index contributed by atoms with van der Waals surface area (Å²) in [5, 5.41) is 2.71. The summed E-state index contributed by atoms with van der Waals surface area (Å²) in [6.07, 6.45) is 0.380. The third-order valence-electron chi connectivity index (χ3n) is 5.68. The molecular formula is C28H32N2O5. The second-order valence-corrected chi connectivity index (χ2v) is 8.16. The molecule has 0 aliphatic rings. The molecule has 2 amide bonds. The van der Waals surface area contributed by atoms with Crippen LogP contribution in [0.3, 0.4) is 0 Å². The molecule has 0 saturated heterocycles. The highest BCUT2D eigenvalue weighted by molar-refractivity contribution is 5.88. The Labute approximate surface area is 206 Å². The molecule has 3 aromatic rings. The number of ether oxygens (including phenoxy) is 3. The van der Waals surface area contributed by atoms with E-state index >= 15 is 0 Å². The Balaban J connectivity index is 1.87. The first-order chi connectivity index (χ1) is 16.9. The Hall–Kier alpha value is -4.00. The van der Waals surface area contributed by atoms with Gasteiger partial charge in [0.25, 0.3) is 5.91 Å². The van der Waals surface area contributed by atoms with E-state index < -0.39 is 6.04 Å². The monoisotopic (exact) mass is 476 g/mol. The second kappa shape index (κ2) is 12.5. The molecule has 7 heteroatoms. The van der Waals surface area contributed by atoms with E-state index in [0.29, 0.717) is 23.7 Å². The fraction of sp³-hybridized carbons (Fsp3) is 0.286. The number of nitrogens with one attached hydrogen (secondary N) is 1. The van der Waals surface area contributed by atoms with E-state index in [1.165, 1.54) is 0 Å². The highest BCUT2D eigenvalue weighted by atomic mass is 16.5. The van der Waals surface area contributed by atoms with Crippen molar-refractivity contribution in [1.82, 2.24) is 10.2 Å². The maximum atomic E-state index is 13.5. The van der Waals surface area contributed by atoms with Crippen LogP contribution in [0.4, 0.5) is 0 Å². The maximum Gasteiger partial charge on any atom is 0.261 e. The van der Waals surface area contributed by atoms with Crippen molar-refractivity contribution in [3.8, 4) is 17.2 Å². The molecular weight excluding hydrogens is 444 g/mol. The molecule has 3 rings (SSSR count). The van der Waals surface area contributed by atoms with E-state index in [-0.39, 0.29) is 25.0 Å². The fourth-order valence-electron chi connectivity index (χ4n) is 3.70. The zero-order valence-electron chi connectivity index (χ0n) is 20.6. The molecule has 0 aromatic heterocycles. The van der Waals surface area contributed by atoms with Gasteiger partial charge < -0.3 is 24.4 Å². The molecule has 0 aliphatic heterocycles. The Morgan fingerprint density at radius 1 is 0.857 bits per heavy atom. The predicted octanol–water partition coefficient (Wildman–Crippen LogP) is 3.78. The average Bonchev–Trinajstić information content (AvgIpc) is 2.90. The number of hydrogen-bond acceptors (Lipinski definition) is 5. The third-order valence-corrected chi connectivity index (χ3v) is 5.68. The average molecular weight is 477 g/mol. The van der Waals surface area contributed by atoms with E-state index in [0.717, 1.165) is 16.7 Å². The highest BCUT2D eigenvalue weighted by Gasteiger charge is 2.30. The van der Waals surface area contributed by atoms with Crippen molar-refractivity contribution in [3.63, 3.8) is 0 Å². The van der Waals surface area contributed by atoms with E-state index in [1.807, 2.05) is 61.5 Å². The molecule has 3 aromatic carbocycles. The van der Waals surface area contributed by atoms with Crippen LogP contribution < -0.4 is 19.5 Å². The number of methoxy groups -OCH3 is 2. The van der Waals surface area contributed by atoms with Crippen molar-refractivity contribution in [3.05, 3.63) is 89.5 Å². The van der Waals surface area contributed by atoms with Gasteiger partial charge in [-0.25, -0.2) is 0 Å². The van der Waals surface area contributed by atoms with Gasteiger partial charge in [0.2, 0.25) is 5.91 Å². The minimum absolute atomic E-state index is 0.239. The number of rotatable bonds is 11. The summed E-state index contributed by atoms with van der Waals surface area (Å²) in [5.41, 5.74) is 3.00. The molecule has 1 N–H and O–H groups in total. The predicted molar refractivity (Wildman–Crippen MR) is 135 cm³/mol. The SMILES string of the molecule is CNC(=O)[C@@H](Cc1ccccc1)N(Cc1ccc(C)cc1)C(=O)COc1cc(OC)cc(OC)c1. The van der Waals surface area contributed by atoms with Crippen molar-refractivity contribution in [2.75, 3.05) is 27.9 Å². The van der Waals surface area contributed by atoms with Gasteiger partial charge in [-0.2, -0.15) is 0 Å². The molecule has 0 saturated carbocycles. The topological polar surface area (TPSA) is 77.1 Å². The van der Waals surface area contributed by atoms with Crippen molar-refractivity contribution in [1.29, 1.82) is 0 Å². The van der Waals surface area contributed by atoms with Crippen LogP contribution in [0.1, 0.15) is 16.7 Å². The van der Waals surface area contributed by atoms with Crippen LogP contribution in [-0.2, 0) is 22.6 Å². The van der Waals surface area contributed by atoms with Crippen LogP contribution in [0.2, 0.25) is 0 Å². The number of aryl methyl sites for hydroxylation is 1. The number of benzene rings is 3. The Morgan fingerprint density at radius 2 is 1.46 bits per heavy atom. The van der Waals surface area contributed by atoms with Crippen LogP contribution in [-0.4, -0.2) is 50.6 Å². The lowest BCUT2D eigenvalue weighted by molar-refractivity contribution is -0.142. The smallest absolute Gasteiger partial charge is 0.261 e. The number of likely N-dealkylation sites (N-methyl/N-ethyl adjacent to an activating group) is 1. The number of carbonyl (C=O) groups is 2. The van der Waals surface area contributed by atoms with Gasteiger partial charge in [0, 0.05) is 38.2 Å². The first-order valence-corrected chi connectivity index (χ1v) is 11.4. The van der Waals surface area contributed by atoms with Crippen LogP contribution in [0.5, 0.6) is 17.2 Å². The molecule has 0 radical (unpaired) electrons. The number of carbonyl (C=O) groups excluding carboxylic acids is 2.